The van der Waals surface area contributed by atoms with Crippen LogP contribution in [0.1, 0.15) is 12.8 Å². The van der Waals surface area contributed by atoms with Gasteiger partial charge in [0.1, 0.15) is 11.8 Å². The van der Waals surface area contributed by atoms with E-state index < -0.39 is 10.0 Å². The molecular formula is C20H23N3O4S. The lowest BCUT2D eigenvalue weighted by atomic mass is 10.1. The van der Waals surface area contributed by atoms with Gasteiger partial charge in [-0.25, -0.2) is 13.1 Å². The van der Waals surface area contributed by atoms with Crippen LogP contribution >= 0.6 is 0 Å². The Balaban J connectivity index is 1.31. The summed E-state index contributed by atoms with van der Waals surface area (Å²) >= 11 is 0. The maximum Gasteiger partial charge on any atom is 0.247 e. The number of hydrogen-bond donors (Lipinski definition) is 2. The van der Waals surface area contributed by atoms with Gasteiger partial charge in [-0.15, -0.1) is 0 Å². The highest BCUT2D eigenvalue weighted by atomic mass is 32.2. The van der Waals surface area contributed by atoms with Gasteiger partial charge in [0.05, 0.1) is 23.7 Å². The van der Waals surface area contributed by atoms with E-state index in [1.165, 1.54) is 0 Å². The van der Waals surface area contributed by atoms with Crippen molar-refractivity contribution in [2.24, 2.45) is 0 Å². The predicted octanol–water partition coefficient (Wildman–Crippen LogP) is 1.97. The monoisotopic (exact) mass is 401 g/mol. The van der Waals surface area contributed by atoms with Crippen molar-refractivity contribution in [1.29, 1.82) is 0 Å². The first-order chi connectivity index (χ1) is 13.5. The molecule has 2 aromatic rings. The Morgan fingerprint density at radius 1 is 1.11 bits per heavy atom. The van der Waals surface area contributed by atoms with Crippen LogP contribution in [0.4, 0.5) is 11.4 Å². The van der Waals surface area contributed by atoms with E-state index in [9.17, 15) is 13.2 Å². The molecule has 2 atom stereocenters. The van der Waals surface area contributed by atoms with Gasteiger partial charge in [0, 0.05) is 12.6 Å². The number of nitrogens with zero attached hydrogens (tertiary/aromatic N) is 1. The summed E-state index contributed by atoms with van der Waals surface area (Å²) in [5.74, 6) is 0.630. The smallest absolute Gasteiger partial charge is 0.247 e. The number of carbonyl (C=O) groups excluding carboxylic acids is 1. The van der Waals surface area contributed by atoms with E-state index in [1.807, 2.05) is 59.5 Å². The molecular weight excluding hydrogens is 378 g/mol. The van der Waals surface area contributed by atoms with Crippen LogP contribution in [-0.2, 0) is 14.8 Å². The largest absolute Gasteiger partial charge is 0.494 e. The van der Waals surface area contributed by atoms with Crippen LogP contribution in [0.3, 0.4) is 0 Å². The van der Waals surface area contributed by atoms with E-state index in [0.717, 1.165) is 17.1 Å². The Morgan fingerprint density at radius 3 is 2.68 bits per heavy atom. The number of benzene rings is 2. The molecule has 7 nitrogen and oxygen atoms in total. The first-order valence-electron chi connectivity index (χ1n) is 9.36. The van der Waals surface area contributed by atoms with Crippen molar-refractivity contribution in [1.82, 2.24) is 4.72 Å². The van der Waals surface area contributed by atoms with Gasteiger partial charge in [0.15, 0.2) is 0 Å². The Hall–Kier alpha value is -2.58. The normalized spacial score (nSPS) is 21.0. The van der Waals surface area contributed by atoms with Gasteiger partial charge in [0.25, 0.3) is 0 Å². The fraction of sp³-hybridized carbons (Fsp3) is 0.350. The Labute approximate surface area is 164 Å². The van der Waals surface area contributed by atoms with Crippen LogP contribution in [-0.4, -0.2) is 45.3 Å². The summed E-state index contributed by atoms with van der Waals surface area (Å²) in [5.41, 5.74) is 1.70. The fourth-order valence-corrected chi connectivity index (χ4v) is 5.04. The average Bonchev–Trinajstić information content (AvgIpc) is 3.10. The molecule has 28 heavy (non-hydrogen) atoms. The van der Waals surface area contributed by atoms with Crippen molar-refractivity contribution in [2.75, 3.05) is 29.1 Å². The van der Waals surface area contributed by atoms with E-state index >= 15 is 0 Å². The molecule has 2 aliphatic rings. The Bertz CT molecular complexity index is 949. The molecule has 0 spiro atoms. The number of anilines is 2. The van der Waals surface area contributed by atoms with Crippen LogP contribution in [0.25, 0.3) is 0 Å². The number of fused-ring (bicyclic) bond motifs is 3. The van der Waals surface area contributed by atoms with Crippen molar-refractivity contribution >= 4 is 27.3 Å². The first-order valence-corrected chi connectivity index (χ1v) is 11.0. The number of amides is 1. The van der Waals surface area contributed by atoms with Crippen LogP contribution in [0.15, 0.2) is 54.6 Å². The molecule has 0 radical (unpaired) electrons. The quantitative estimate of drug-likeness (QED) is 0.693. The predicted molar refractivity (Wildman–Crippen MR) is 108 cm³/mol. The highest BCUT2D eigenvalue weighted by Gasteiger charge is 2.41. The van der Waals surface area contributed by atoms with E-state index in [0.29, 0.717) is 26.0 Å². The van der Waals surface area contributed by atoms with Crippen molar-refractivity contribution in [3.05, 3.63) is 54.6 Å². The molecule has 2 heterocycles. The van der Waals surface area contributed by atoms with Crippen LogP contribution < -0.4 is 19.7 Å². The Kier molecular flexibility index (Phi) is 5.23. The fourth-order valence-electron chi connectivity index (χ4n) is 3.75. The molecule has 0 saturated carbocycles. The van der Waals surface area contributed by atoms with Crippen molar-refractivity contribution in [3.63, 3.8) is 0 Å². The molecule has 0 aromatic heterocycles. The zero-order valence-corrected chi connectivity index (χ0v) is 16.2. The molecule has 1 saturated heterocycles. The third-order valence-corrected chi connectivity index (χ3v) is 6.51. The first kappa shape index (κ1) is 18.8. The van der Waals surface area contributed by atoms with Crippen LogP contribution in [0.5, 0.6) is 5.75 Å². The summed E-state index contributed by atoms with van der Waals surface area (Å²) in [6, 6.07) is 16.3. The lowest BCUT2D eigenvalue weighted by Gasteiger charge is -2.32. The molecule has 2 aliphatic heterocycles. The zero-order valence-electron chi connectivity index (χ0n) is 15.4. The summed E-state index contributed by atoms with van der Waals surface area (Å²) in [6.45, 7) is 0.814. The van der Waals surface area contributed by atoms with E-state index in [4.69, 9.17) is 4.74 Å². The molecule has 1 amide bonds. The van der Waals surface area contributed by atoms with Crippen molar-refractivity contribution < 1.29 is 17.9 Å². The number of hydrogen-bond acceptors (Lipinski definition) is 5. The third-order valence-electron chi connectivity index (χ3n) is 4.99. The zero-order chi connectivity index (χ0) is 19.6. The van der Waals surface area contributed by atoms with Crippen molar-refractivity contribution in [3.8, 4) is 5.75 Å². The summed E-state index contributed by atoms with van der Waals surface area (Å²) in [5, 5.41) is 2.90. The molecule has 8 heteroatoms. The lowest BCUT2D eigenvalue weighted by molar-refractivity contribution is -0.117. The number of para-hydroxylation sites is 3. The van der Waals surface area contributed by atoms with Gasteiger partial charge in [0.2, 0.25) is 15.9 Å². The highest BCUT2D eigenvalue weighted by Crippen LogP contribution is 2.36. The summed E-state index contributed by atoms with van der Waals surface area (Å²) in [7, 11) is -3.45. The maximum absolute atomic E-state index is 12.4. The minimum atomic E-state index is -3.45. The molecule has 0 bridgehead atoms. The third kappa shape index (κ3) is 4.13. The molecule has 2 N–H and O–H groups in total. The highest BCUT2D eigenvalue weighted by molar-refractivity contribution is 7.89. The molecule has 2 unspecified atom stereocenters. The van der Waals surface area contributed by atoms with Gasteiger partial charge in [-0.05, 0) is 37.1 Å². The minimum Gasteiger partial charge on any atom is -0.494 e. The van der Waals surface area contributed by atoms with Gasteiger partial charge < -0.3 is 15.0 Å². The number of ether oxygens (including phenoxy) is 1. The van der Waals surface area contributed by atoms with Crippen LogP contribution in [0, 0.1) is 0 Å². The van der Waals surface area contributed by atoms with Gasteiger partial charge >= 0.3 is 0 Å². The lowest BCUT2D eigenvalue weighted by Crippen LogP contribution is -2.44. The number of nitrogens with one attached hydrogen (secondary N) is 2. The minimum absolute atomic E-state index is 0.0101. The van der Waals surface area contributed by atoms with Gasteiger partial charge in [-0.2, -0.15) is 0 Å². The standard InChI is InChI=1S/C20H23N3O4S/c24-20-19-13-15(14-23(19)18-10-5-4-9-17(18)21-20)22-28(25,26)12-6-11-27-16-7-2-1-3-8-16/h1-5,7-10,15,19,22H,6,11-14H2,(H,21,24). The maximum atomic E-state index is 12.4. The van der Waals surface area contributed by atoms with E-state index in [-0.39, 0.29) is 23.7 Å². The number of carbonyl (C=O) groups is 1. The molecule has 4 rings (SSSR count). The molecule has 1 fully saturated rings. The van der Waals surface area contributed by atoms with E-state index in [1.54, 1.807) is 0 Å². The summed E-state index contributed by atoms with van der Waals surface area (Å²) in [6.07, 6.45) is 0.854. The second-order valence-electron chi connectivity index (χ2n) is 7.06. The number of rotatable bonds is 7. The van der Waals surface area contributed by atoms with E-state index in [2.05, 4.69) is 10.0 Å². The van der Waals surface area contributed by atoms with Gasteiger partial charge in [-0.1, -0.05) is 30.3 Å². The molecule has 148 valence electrons. The Morgan fingerprint density at radius 2 is 1.86 bits per heavy atom. The molecule has 0 aliphatic carbocycles. The SMILES string of the molecule is O=C1Nc2ccccc2N2CC(NS(=O)(=O)CCCOc3ccccc3)CC12. The van der Waals surface area contributed by atoms with Crippen molar-refractivity contribution in [2.45, 2.75) is 24.9 Å². The summed E-state index contributed by atoms with van der Waals surface area (Å²) < 4.78 is 33.2. The van der Waals surface area contributed by atoms with Gasteiger partial charge in [-0.3, -0.25) is 4.79 Å². The summed E-state index contributed by atoms with van der Waals surface area (Å²) in [4.78, 5) is 14.3. The second kappa shape index (κ2) is 7.81. The molecule has 2 aromatic carbocycles. The topological polar surface area (TPSA) is 87.7 Å². The average molecular weight is 401 g/mol. The van der Waals surface area contributed by atoms with Crippen LogP contribution in [0.2, 0.25) is 0 Å². The number of sulfonamides is 1. The second-order valence-corrected chi connectivity index (χ2v) is 8.93.